The molecule has 1 unspecified atom stereocenters. The predicted octanol–water partition coefficient (Wildman–Crippen LogP) is 4.16. The molecular weight excluding hydrogens is 310 g/mol. The molecule has 1 rings (SSSR count). The van der Waals surface area contributed by atoms with Gasteiger partial charge in [-0.2, -0.15) is 0 Å². The summed E-state index contributed by atoms with van der Waals surface area (Å²) in [5, 5.41) is 11.2. The van der Waals surface area contributed by atoms with Crippen LogP contribution in [0.1, 0.15) is 40.0 Å². The first-order chi connectivity index (χ1) is 9.01. The van der Waals surface area contributed by atoms with E-state index in [-0.39, 0.29) is 16.7 Å². The van der Waals surface area contributed by atoms with Crippen LogP contribution in [0.4, 0.5) is 11.5 Å². The highest BCUT2D eigenvalue weighted by molar-refractivity contribution is 9.10. The van der Waals surface area contributed by atoms with Crippen LogP contribution in [0.2, 0.25) is 0 Å². The van der Waals surface area contributed by atoms with Gasteiger partial charge in [-0.3, -0.25) is 10.1 Å². The van der Waals surface area contributed by atoms with Gasteiger partial charge in [0, 0.05) is 29.3 Å². The maximum atomic E-state index is 11.2. The van der Waals surface area contributed by atoms with Gasteiger partial charge in [0.05, 0.1) is 4.92 Å². The van der Waals surface area contributed by atoms with Crippen LogP contribution in [0.25, 0.3) is 0 Å². The van der Waals surface area contributed by atoms with E-state index in [2.05, 4.69) is 41.7 Å². The second-order valence-electron chi connectivity index (χ2n) is 4.56. The van der Waals surface area contributed by atoms with Gasteiger partial charge in [-0.15, -0.1) is 0 Å². The standard InChI is InChI=1S/C13H20BrN3O2/c1-4-6-7-16(10(3)5-2)13-12(17(18)19)8-11(14)9-15-13/h8-10H,4-7H2,1-3H3. The molecule has 0 fully saturated rings. The van der Waals surface area contributed by atoms with Crippen LogP contribution in [-0.2, 0) is 0 Å². The molecule has 1 atom stereocenters. The predicted molar refractivity (Wildman–Crippen MR) is 80.6 cm³/mol. The molecule has 0 aliphatic rings. The minimum Gasteiger partial charge on any atom is -0.348 e. The SMILES string of the molecule is CCCCN(c1ncc(Br)cc1[N+](=O)[O-])C(C)CC. The van der Waals surface area contributed by atoms with Crippen molar-refractivity contribution in [3.8, 4) is 0 Å². The Morgan fingerprint density at radius 1 is 1.53 bits per heavy atom. The Morgan fingerprint density at radius 3 is 2.74 bits per heavy atom. The zero-order valence-corrected chi connectivity index (χ0v) is 13.2. The lowest BCUT2D eigenvalue weighted by molar-refractivity contribution is -0.384. The Labute approximate surface area is 122 Å². The molecule has 0 bridgehead atoms. The Bertz CT molecular complexity index is 440. The molecule has 0 aromatic carbocycles. The molecule has 0 N–H and O–H groups in total. The van der Waals surface area contributed by atoms with Crippen molar-refractivity contribution in [1.29, 1.82) is 0 Å². The van der Waals surface area contributed by atoms with Crippen molar-refractivity contribution in [2.24, 2.45) is 0 Å². The number of hydrogen-bond donors (Lipinski definition) is 0. The van der Waals surface area contributed by atoms with Crippen LogP contribution >= 0.6 is 15.9 Å². The van der Waals surface area contributed by atoms with Gasteiger partial charge in [0.2, 0.25) is 5.82 Å². The third-order valence-electron chi connectivity index (χ3n) is 3.16. The zero-order chi connectivity index (χ0) is 14.4. The summed E-state index contributed by atoms with van der Waals surface area (Å²) in [5.74, 6) is 0.469. The van der Waals surface area contributed by atoms with Crippen LogP contribution in [0, 0.1) is 10.1 Å². The Kier molecular flexibility index (Phi) is 6.21. The summed E-state index contributed by atoms with van der Waals surface area (Å²) in [6.45, 7) is 7.05. The molecule has 0 amide bonds. The number of nitro groups is 1. The van der Waals surface area contributed by atoms with Crippen molar-refractivity contribution in [3.05, 3.63) is 26.9 Å². The summed E-state index contributed by atoms with van der Waals surface area (Å²) in [5.41, 5.74) is 0.0609. The number of halogens is 1. The Morgan fingerprint density at radius 2 is 2.21 bits per heavy atom. The molecule has 6 heteroatoms. The fourth-order valence-corrected chi connectivity index (χ4v) is 2.18. The minimum atomic E-state index is -0.367. The summed E-state index contributed by atoms with van der Waals surface area (Å²) >= 11 is 3.24. The average Bonchev–Trinajstić information content (AvgIpc) is 2.39. The molecule has 0 radical (unpaired) electrons. The van der Waals surface area contributed by atoms with Crippen LogP contribution in [0.15, 0.2) is 16.7 Å². The van der Waals surface area contributed by atoms with Gasteiger partial charge >= 0.3 is 5.69 Å². The molecule has 19 heavy (non-hydrogen) atoms. The van der Waals surface area contributed by atoms with Crippen LogP contribution in [0.5, 0.6) is 0 Å². The number of aromatic nitrogens is 1. The van der Waals surface area contributed by atoms with Crippen molar-refractivity contribution in [3.63, 3.8) is 0 Å². The van der Waals surface area contributed by atoms with Gasteiger partial charge in [-0.25, -0.2) is 4.98 Å². The monoisotopic (exact) mass is 329 g/mol. The lowest BCUT2D eigenvalue weighted by Crippen LogP contribution is -2.34. The van der Waals surface area contributed by atoms with Gasteiger partial charge in [0.25, 0.3) is 0 Å². The number of hydrogen-bond acceptors (Lipinski definition) is 4. The first-order valence-electron chi connectivity index (χ1n) is 6.57. The van der Waals surface area contributed by atoms with E-state index in [1.807, 2.05) is 4.90 Å². The first kappa shape index (κ1) is 15.9. The van der Waals surface area contributed by atoms with Crippen molar-refractivity contribution >= 4 is 27.4 Å². The second kappa shape index (κ2) is 7.43. The van der Waals surface area contributed by atoms with E-state index in [1.165, 1.54) is 6.07 Å². The minimum absolute atomic E-state index is 0.0609. The molecule has 5 nitrogen and oxygen atoms in total. The summed E-state index contributed by atoms with van der Waals surface area (Å²) in [4.78, 5) is 17.1. The topological polar surface area (TPSA) is 59.3 Å². The lowest BCUT2D eigenvalue weighted by atomic mass is 10.2. The van der Waals surface area contributed by atoms with E-state index in [9.17, 15) is 10.1 Å². The summed E-state index contributed by atoms with van der Waals surface area (Å²) in [6, 6.07) is 1.75. The lowest BCUT2D eigenvalue weighted by Gasteiger charge is -2.29. The maximum Gasteiger partial charge on any atom is 0.312 e. The van der Waals surface area contributed by atoms with E-state index in [0.717, 1.165) is 25.8 Å². The molecule has 0 aliphatic carbocycles. The van der Waals surface area contributed by atoms with Crippen molar-refractivity contribution in [1.82, 2.24) is 4.98 Å². The van der Waals surface area contributed by atoms with E-state index >= 15 is 0 Å². The van der Waals surface area contributed by atoms with E-state index in [1.54, 1.807) is 6.20 Å². The fourth-order valence-electron chi connectivity index (χ4n) is 1.86. The Hall–Kier alpha value is -1.17. The third kappa shape index (κ3) is 4.16. The number of unbranched alkanes of at least 4 members (excludes halogenated alkanes) is 1. The smallest absolute Gasteiger partial charge is 0.312 e. The van der Waals surface area contributed by atoms with E-state index in [0.29, 0.717) is 10.3 Å². The molecule has 1 aromatic heterocycles. The highest BCUT2D eigenvalue weighted by Crippen LogP contribution is 2.30. The quantitative estimate of drug-likeness (QED) is 0.556. The van der Waals surface area contributed by atoms with E-state index < -0.39 is 0 Å². The highest BCUT2D eigenvalue weighted by atomic mass is 79.9. The third-order valence-corrected chi connectivity index (χ3v) is 3.59. The summed E-state index contributed by atoms with van der Waals surface area (Å²) in [6.07, 6.45) is 4.60. The summed E-state index contributed by atoms with van der Waals surface area (Å²) < 4.78 is 0.627. The molecule has 1 aromatic rings. The molecule has 0 saturated carbocycles. The highest BCUT2D eigenvalue weighted by Gasteiger charge is 2.24. The van der Waals surface area contributed by atoms with Crippen LogP contribution in [-0.4, -0.2) is 22.5 Å². The zero-order valence-electron chi connectivity index (χ0n) is 11.6. The first-order valence-corrected chi connectivity index (χ1v) is 7.37. The largest absolute Gasteiger partial charge is 0.348 e. The summed E-state index contributed by atoms with van der Waals surface area (Å²) in [7, 11) is 0. The van der Waals surface area contributed by atoms with Crippen molar-refractivity contribution < 1.29 is 4.92 Å². The van der Waals surface area contributed by atoms with Gasteiger partial charge in [0.15, 0.2) is 0 Å². The second-order valence-corrected chi connectivity index (χ2v) is 5.47. The van der Waals surface area contributed by atoms with Crippen LogP contribution in [0.3, 0.4) is 0 Å². The molecule has 1 heterocycles. The van der Waals surface area contributed by atoms with Gasteiger partial charge in [-0.1, -0.05) is 20.3 Å². The average molecular weight is 330 g/mol. The molecule has 0 aliphatic heterocycles. The fraction of sp³-hybridized carbons (Fsp3) is 0.615. The van der Waals surface area contributed by atoms with Gasteiger partial charge in [0.1, 0.15) is 0 Å². The van der Waals surface area contributed by atoms with Gasteiger partial charge in [-0.05, 0) is 35.7 Å². The number of anilines is 1. The van der Waals surface area contributed by atoms with Gasteiger partial charge < -0.3 is 4.90 Å². The number of nitrogens with zero attached hydrogens (tertiary/aromatic N) is 3. The molecule has 0 saturated heterocycles. The van der Waals surface area contributed by atoms with Crippen molar-refractivity contribution in [2.45, 2.75) is 46.1 Å². The number of rotatable bonds is 7. The normalized spacial score (nSPS) is 12.2. The maximum absolute atomic E-state index is 11.2. The Balaban J connectivity index is 3.17. The van der Waals surface area contributed by atoms with Crippen molar-refractivity contribution in [2.75, 3.05) is 11.4 Å². The van der Waals surface area contributed by atoms with Crippen LogP contribution < -0.4 is 4.90 Å². The van der Waals surface area contributed by atoms with E-state index in [4.69, 9.17) is 0 Å². The molecular formula is C13H20BrN3O2. The number of pyridine rings is 1. The molecule has 0 spiro atoms. The molecule has 106 valence electrons.